The normalized spacial score (nSPS) is 16.1. The Morgan fingerprint density at radius 3 is 1.27 bits per heavy atom. The summed E-state index contributed by atoms with van der Waals surface area (Å²) in [7, 11) is 0. The van der Waals surface area contributed by atoms with Gasteiger partial charge in [0.25, 0.3) is 0 Å². The number of nitrogens with zero attached hydrogens (tertiary/aromatic N) is 2. The minimum absolute atomic E-state index is 0.133. The lowest BCUT2D eigenvalue weighted by molar-refractivity contribution is 0.467. The van der Waals surface area contributed by atoms with Gasteiger partial charge >= 0.3 is 0 Å². The maximum Gasteiger partial charge on any atom is 0.133 e. The number of phenolic OH excluding ortho intramolecular Hbond substituents is 2. The van der Waals surface area contributed by atoms with Gasteiger partial charge in [0, 0.05) is 10.8 Å². The highest BCUT2D eigenvalue weighted by atomic mass is 16.3. The van der Waals surface area contributed by atoms with Gasteiger partial charge in [-0.1, -0.05) is 60.7 Å². The zero-order valence-electron chi connectivity index (χ0n) is 16.3. The van der Waals surface area contributed by atoms with E-state index in [1.165, 1.54) is 0 Å². The van der Waals surface area contributed by atoms with Crippen LogP contribution >= 0.6 is 0 Å². The molecule has 4 aromatic carbocycles. The summed E-state index contributed by atoms with van der Waals surface area (Å²) in [4.78, 5) is 9.60. The Morgan fingerprint density at radius 2 is 0.867 bits per heavy atom. The summed E-state index contributed by atoms with van der Waals surface area (Å²) in [5.74, 6) is 0.266. The second kappa shape index (κ2) is 7.48. The van der Waals surface area contributed by atoms with E-state index in [2.05, 4.69) is 0 Å². The molecule has 2 N–H and O–H groups in total. The molecule has 0 heterocycles. The smallest absolute Gasteiger partial charge is 0.133 e. The van der Waals surface area contributed by atoms with Gasteiger partial charge in [0.2, 0.25) is 0 Å². The molecule has 4 aromatic rings. The fraction of sp³-hybridized carbons (Fsp3) is 0.0769. The van der Waals surface area contributed by atoms with Crippen LogP contribution in [-0.2, 0) is 0 Å². The van der Waals surface area contributed by atoms with Crippen molar-refractivity contribution in [2.24, 2.45) is 9.98 Å². The summed E-state index contributed by atoms with van der Waals surface area (Å²) < 4.78 is 0. The third-order valence-electron chi connectivity index (χ3n) is 5.38. The summed E-state index contributed by atoms with van der Waals surface area (Å²) in [6.45, 7) is 0. The van der Waals surface area contributed by atoms with Gasteiger partial charge < -0.3 is 10.2 Å². The molecule has 30 heavy (non-hydrogen) atoms. The van der Waals surface area contributed by atoms with Crippen LogP contribution in [0.5, 0.6) is 11.5 Å². The molecule has 4 heteroatoms. The van der Waals surface area contributed by atoms with E-state index >= 15 is 0 Å². The number of benzene rings is 4. The first-order valence-corrected chi connectivity index (χ1v) is 9.95. The zero-order valence-corrected chi connectivity index (χ0v) is 16.3. The minimum Gasteiger partial charge on any atom is -0.507 e. The van der Waals surface area contributed by atoms with Crippen molar-refractivity contribution >= 4 is 33.6 Å². The zero-order chi connectivity index (χ0) is 20.5. The molecule has 0 saturated carbocycles. The Hall–Kier alpha value is -3.92. The fourth-order valence-corrected chi connectivity index (χ4v) is 3.99. The van der Waals surface area contributed by atoms with E-state index in [9.17, 15) is 10.2 Å². The fourth-order valence-electron chi connectivity index (χ4n) is 3.99. The molecular formula is C26H20N2O2. The number of fused-ring (bicyclic) bond motifs is 2. The monoisotopic (exact) mass is 392 g/mol. The Bertz CT molecular complexity index is 1190. The third-order valence-corrected chi connectivity index (χ3v) is 5.38. The Labute approximate surface area is 174 Å². The molecular weight excluding hydrogens is 372 g/mol. The number of para-hydroxylation sites is 2. The number of aliphatic imine (C=N–C) groups is 2. The Kier molecular flexibility index (Phi) is 4.52. The van der Waals surface area contributed by atoms with Crippen molar-refractivity contribution in [1.29, 1.82) is 0 Å². The Balaban J connectivity index is 1.80. The highest BCUT2D eigenvalue weighted by molar-refractivity contribution is 6.24. The van der Waals surface area contributed by atoms with Crippen LogP contribution in [0.2, 0.25) is 0 Å². The first kappa shape index (κ1) is 18.1. The van der Waals surface area contributed by atoms with Crippen molar-refractivity contribution in [3.63, 3.8) is 0 Å². The Morgan fingerprint density at radius 1 is 0.500 bits per heavy atom. The molecule has 1 aliphatic carbocycles. The predicted molar refractivity (Wildman–Crippen MR) is 122 cm³/mol. The van der Waals surface area contributed by atoms with E-state index in [1.54, 1.807) is 0 Å². The third kappa shape index (κ3) is 3.12. The van der Waals surface area contributed by atoms with Crippen LogP contribution < -0.4 is 0 Å². The van der Waals surface area contributed by atoms with Gasteiger partial charge in [0.1, 0.15) is 11.5 Å². The van der Waals surface area contributed by atoms with Crippen molar-refractivity contribution in [3.8, 4) is 11.5 Å². The van der Waals surface area contributed by atoms with Crippen LogP contribution in [0.15, 0.2) is 94.9 Å². The van der Waals surface area contributed by atoms with E-state index in [1.807, 2.05) is 84.9 Å². The first-order valence-electron chi connectivity index (χ1n) is 9.95. The molecule has 0 bridgehead atoms. The van der Waals surface area contributed by atoms with Gasteiger partial charge in [-0.15, -0.1) is 0 Å². The summed E-state index contributed by atoms with van der Waals surface area (Å²) in [5.41, 5.74) is 4.26. The second-order valence-electron chi connectivity index (χ2n) is 7.28. The van der Waals surface area contributed by atoms with Crippen LogP contribution in [-0.4, -0.2) is 21.6 Å². The van der Waals surface area contributed by atoms with Crippen molar-refractivity contribution in [2.45, 2.75) is 12.8 Å². The highest BCUT2D eigenvalue weighted by Crippen LogP contribution is 2.44. The number of hydrogen-bond acceptors (Lipinski definition) is 4. The molecule has 0 saturated heterocycles. The predicted octanol–water partition coefficient (Wildman–Crippen LogP) is 6.29. The van der Waals surface area contributed by atoms with E-state index in [4.69, 9.17) is 9.98 Å². The lowest BCUT2D eigenvalue weighted by atomic mass is 9.84. The topological polar surface area (TPSA) is 65.2 Å². The van der Waals surface area contributed by atoms with E-state index < -0.39 is 0 Å². The number of rotatable bonds is 2. The molecule has 4 nitrogen and oxygen atoms in total. The molecule has 146 valence electrons. The van der Waals surface area contributed by atoms with Crippen LogP contribution in [0.1, 0.15) is 24.0 Å². The first-order chi connectivity index (χ1) is 14.7. The lowest BCUT2D eigenvalue weighted by Gasteiger charge is -2.24. The molecule has 0 spiro atoms. The van der Waals surface area contributed by atoms with Crippen molar-refractivity contribution in [2.75, 3.05) is 0 Å². The maximum absolute atomic E-state index is 11.2. The molecule has 0 unspecified atom stereocenters. The molecule has 0 aliphatic heterocycles. The standard InChI is InChI=1S/C26H20N2O2/c29-25-19-13-7-8-14-20(19)26(30)24-22(28-18-11-5-2-6-12-18)16-15-21(23(24)25)27-17-9-3-1-4-10-17/h1-14,29-30H,15-16H2. The van der Waals surface area contributed by atoms with Crippen molar-refractivity contribution in [1.82, 2.24) is 0 Å². The SMILES string of the molecule is Oc1c2c(c(O)c3ccccc13)C(=Nc1ccccc1)CCC2=Nc1ccccc1. The van der Waals surface area contributed by atoms with Gasteiger partial charge in [0.15, 0.2) is 0 Å². The largest absolute Gasteiger partial charge is 0.507 e. The van der Waals surface area contributed by atoms with Crippen LogP contribution in [0, 0.1) is 0 Å². The molecule has 0 fully saturated rings. The maximum atomic E-state index is 11.2. The molecule has 0 aromatic heterocycles. The van der Waals surface area contributed by atoms with E-state index in [0.717, 1.165) is 22.8 Å². The van der Waals surface area contributed by atoms with Crippen LogP contribution in [0.3, 0.4) is 0 Å². The summed E-state index contributed by atoms with van der Waals surface area (Å²) in [5, 5.41) is 23.6. The number of aromatic hydroxyl groups is 2. The number of hydrogen-bond donors (Lipinski definition) is 2. The molecule has 0 amide bonds. The minimum atomic E-state index is 0.133. The van der Waals surface area contributed by atoms with Crippen LogP contribution in [0.4, 0.5) is 11.4 Å². The van der Waals surface area contributed by atoms with Crippen molar-refractivity contribution < 1.29 is 10.2 Å². The summed E-state index contributed by atoms with van der Waals surface area (Å²) in [6, 6.07) is 26.7. The average Bonchev–Trinajstić information content (AvgIpc) is 2.80. The van der Waals surface area contributed by atoms with Gasteiger partial charge in [0.05, 0.1) is 33.9 Å². The van der Waals surface area contributed by atoms with Crippen LogP contribution in [0.25, 0.3) is 10.8 Å². The van der Waals surface area contributed by atoms with Gasteiger partial charge in [-0.05, 0) is 37.1 Å². The molecule has 1 aliphatic rings. The van der Waals surface area contributed by atoms with Gasteiger partial charge in [-0.3, -0.25) is 9.98 Å². The van der Waals surface area contributed by atoms with Gasteiger partial charge in [-0.2, -0.15) is 0 Å². The van der Waals surface area contributed by atoms with E-state index in [0.29, 0.717) is 34.7 Å². The second-order valence-corrected chi connectivity index (χ2v) is 7.28. The molecule has 5 rings (SSSR count). The van der Waals surface area contributed by atoms with Crippen molar-refractivity contribution in [3.05, 3.63) is 96.1 Å². The average molecular weight is 392 g/mol. The van der Waals surface area contributed by atoms with Gasteiger partial charge in [-0.25, -0.2) is 0 Å². The highest BCUT2D eigenvalue weighted by Gasteiger charge is 2.29. The summed E-state index contributed by atoms with van der Waals surface area (Å²) >= 11 is 0. The van der Waals surface area contributed by atoms with E-state index in [-0.39, 0.29) is 11.5 Å². The summed E-state index contributed by atoms with van der Waals surface area (Å²) in [6.07, 6.45) is 1.25. The number of phenols is 2. The molecule has 0 atom stereocenters. The molecule has 0 radical (unpaired) electrons. The quantitative estimate of drug-likeness (QED) is 0.394. The lowest BCUT2D eigenvalue weighted by Crippen LogP contribution is -2.19.